The van der Waals surface area contributed by atoms with Gasteiger partial charge in [-0.15, -0.1) is 16.9 Å². The van der Waals surface area contributed by atoms with Crippen molar-refractivity contribution in [3.8, 4) is 0 Å². The topological polar surface area (TPSA) is 69.6 Å². The smallest absolute Gasteiger partial charge is 0.165 e. The molecule has 0 bridgehead atoms. The fourth-order valence-corrected chi connectivity index (χ4v) is 4.31. The first-order valence-corrected chi connectivity index (χ1v) is 7.77. The second kappa shape index (κ2) is 6.46. The van der Waals surface area contributed by atoms with Gasteiger partial charge in [0.15, 0.2) is 5.82 Å². The first kappa shape index (κ1) is 12.2. The lowest BCUT2D eigenvalue weighted by atomic mass is 10.3. The Balaban J connectivity index is 1.94. The molecule has 1 aliphatic heterocycles. The van der Waals surface area contributed by atoms with E-state index in [9.17, 15) is 0 Å². The summed E-state index contributed by atoms with van der Waals surface area (Å²) < 4.78 is 1.94. The van der Waals surface area contributed by atoms with Crippen LogP contribution in [-0.4, -0.2) is 44.0 Å². The van der Waals surface area contributed by atoms with E-state index in [0.29, 0.717) is 5.25 Å². The number of unbranched alkanes of at least 4 members (excludes halogenated alkanes) is 1. The van der Waals surface area contributed by atoms with E-state index in [2.05, 4.69) is 15.5 Å². The van der Waals surface area contributed by atoms with Gasteiger partial charge in [0.05, 0.1) is 5.25 Å². The van der Waals surface area contributed by atoms with Gasteiger partial charge in [-0.25, -0.2) is 4.68 Å². The minimum atomic E-state index is 0.464. The number of hydrogen-bond acceptors (Lipinski definition) is 6. The predicted molar refractivity (Wildman–Crippen MR) is 68.6 cm³/mol. The summed E-state index contributed by atoms with van der Waals surface area (Å²) in [4.78, 5) is 0. The predicted octanol–water partition coefficient (Wildman–Crippen LogP) is 0.933. The van der Waals surface area contributed by atoms with Crippen molar-refractivity contribution in [2.75, 3.05) is 23.8 Å². The zero-order valence-electron chi connectivity index (χ0n) is 9.21. The second-order valence-corrected chi connectivity index (χ2v) is 6.15. The summed E-state index contributed by atoms with van der Waals surface area (Å²) in [6, 6.07) is 0. The minimum Gasteiger partial charge on any atom is -0.330 e. The molecule has 2 N–H and O–H groups in total. The van der Waals surface area contributed by atoms with Crippen molar-refractivity contribution in [3.63, 3.8) is 0 Å². The van der Waals surface area contributed by atoms with Crippen LogP contribution in [-0.2, 0) is 6.54 Å². The van der Waals surface area contributed by atoms with E-state index in [0.717, 1.165) is 37.5 Å². The zero-order chi connectivity index (χ0) is 11.2. The molecule has 16 heavy (non-hydrogen) atoms. The Morgan fingerprint density at radius 1 is 1.38 bits per heavy atom. The van der Waals surface area contributed by atoms with Crippen molar-refractivity contribution < 1.29 is 0 Å². The maximum absolute atomic E-state index is 5.48. The van der Waals surface area contributed by atoms with Crippen molar-refractivity contribution in [2.45, 2.75) is 24.6 Å². The number of hydrogen-bond donors (Lipinski definition) is 1. The van der Waals surface area contributed by atoms with E-state index < -0.39 is 0 Å². The molecule has 0 aliphatic carbocycles. The van der Waals surface area contributed by atoms with Crippen LogP contribution >= 0.6 is 23.5 Å². The van der Waals surface area contributed by atoms with Crippen LogP contribution in [0, 0.1) is 0 Å². The quantitative estimate of drug-likeness (QED) is 0.793. The Kier molecular flexibility index (Phi) is 4.92. The molecule has 7 heteroatoms. The van der Waals surface area contributed by atoms with Crippen molar-refractivity contribution in [3.05, 3.63) is 5.82 Å². The molecule has 1 aliphatic rings. The molecule has 2 heterocycles. The number of aryl methyl sites for hydroxylation is 1. The average molecular weight is 259 g/mol. The molecule has 1 atom stereocenters. The molecule has 0 spiro atoms. The van der Waals surface area contributed by atoms with E-state index in [1.807, 2.05) is 28.2 Å². The number of nitrogens with two attached hydrogens (primary N) is 1. The first-order valence-electron chi connectivity index (χ1n) is 5.57. The van der Waals surface area contributed by atoms with Crippen molar-refractivity contribution in [1.29, 1.82) is 0 Å². The van der Waals surface area contributed by atoms with E-state index in [-0.39, 0.29) is 0 Å². The van der Waals surface area contributed by atoms with E-state index in [1.165, 1.54) is 11.5 Å². The molecular formula is C9H17N5S2. The Bertz CT molecular complexity index is 311. The highest BCUT2D eigenvalue weighted by molar-refractivity contribution is 8.06. The Morgan fingerprint density at radius 3 is 3.06 bits per heavy atom. The van der Waals surface area contributed by atoms with Crippen LogP contribution in [0.4, 0.5) is 0 Å². The molecule has 1 unspecified atom stereocenters. The van der Waals surface area contributed by atoms with Gasteiger partial charge in [0.2, 0.25) is 0 Å². The normalized spacial score (nSPS) is 21.2. The van der Waals surface area contributed by atoms with Crippen LogP contribution in [0.1, 0.15) is 23.9 Å². The van der Waals surface area contributed by atoms with Gasteiger partial charge in [0, 0.05) is 23.8 Å². The van der Waals surface area contributed by atoms with Gasteiger partial charge in [-0.05, 0) is 29.8 Å². The molecule has 1 saturated heterocycles. The molecule has 5 nitrogen and oxygen atoms in total. The summed E-state index contributed by atoms with van der Waals surface area (Å²) in [7, 11) is 0. The van der Waals surface area contributed by atoms with Gasteiger partial charge >= 0.3 is 0 Å². The average Bonchev–Trinajstić information content (AvgIpc) is 2.79. The van der Waals surface area contributed by atoms with Crippen molar-refractivity contribution in [2.24, 2.45) is 5.73 Å². The van der Waals surface area contributed by atoms with Gasteiger partial charge in [-0.2, -0.15) is 11.8 Å². The van der Waals surface area contributed by atoms with Gasteiger partial charge in [0.25, 0.3) is 0 Å². The molecule has 0 amide bonds. The van der Waals surface area contributed by atoms with E-state index in [4.69, 9.17) is 5.73 Å². The lowest BCUT2D eigenvalue weighted by Crippen LogP contribution is -2.14. The summed E-state index contributed by atoms with van der Waals surface area (Å²) in [5.74, 6) is 4.61. The lowest BCUT2D eigenvalue weighted by Gasteiger charge is -2.19. The maximum atomic E-state index is 5.48. The molecule has 0 aromatic carbocycles. The van der Waals surface area contributed by atoms with Crippen LogP contribution in [0.3, 0.4) is 0 Å². The van der Waals surface area contributed by atoms with Gasteiger partial charge in [-0.3, -0.25) is 0 Å². The monoisotopic (exact) mass is 259 g/mol. The Morgan fingerprint density at radius 2 is 2.31 bits per heavy atom. The summed E-state index contributed by atoms with van der Waals surface area (Å²) in [5.41, 5.74) is 5.48. The van der Waals surface area contributed by atoms with E-state index in [1.54, 1.807) is 0 Å². The third kappa shape index (κ3) is 3.11. The maximum Gasteiger partial charge on any atom is 0.165 e. The highest BCUT2D eigenvalue weighted by atomic mass is 32.2. The lowest BCUT2D eigenvalue weighted by molar-refractivity contribution is 0.526. The van der Waals surface area contributed by atoms with Gasteiger partial charge in [-0.1, -0.05) is 0 Å². The Hall–Kier alpha value is -0.270. The number of thioether (sulfide) groups is 2. The van der Waals surface area contributed by atoms with E-state index >= 15 is 0 Å². The molecule has 1 aromatic heterocycles. The molecule has 90 valence electrons. The largest absolute Gasteiger partial charge is 0.330 e. The summed E-state index contributed by atoms with van der Waals surface area (Å²) >= 11 is 3.95. The summed E-state index contributed by atoms with van der Waals surface area (Å²) in [6.45, 7) is 1.63. The minimum absolute atomic E-state index is 0.464. The third-order valence-electron chi connectivity index (χ3n) is 2.49. The standard InChI is InChI=1S/C9H17N5S2/c10-3-1-2-4-14-9(11-12-13-14)8-7-15-5-6-16-8/h8H,1-7,10H2. The van der Waals surface area contributed by atoms with Crippen LogP contribution in [0.5, 0.6) is 0 Å². The molecular weight excluding hydrogens is 242 g/mol. The zero-order valence-corrected chi connectivity index (χ0v) is 10.8. The van der Waals surface area contributed by atoms with Gasteiger partial charge < -0.3 is 5.73 Å². The molecule has 2 rings (SSSR count). The SMILES string of the molecule is NCCCCn1nnnc1C1CSCCS1. The summed E-state index contributed by atoms with van der Waals surface area (Å²) in [6.07, 6.45) is 2.09. The number of tetrazole rings is 1. The molecule has 1 fully saturated rings. The fourth-order valence-electron chi connectivity index (χ4n) is 1.64. The number of aromatic nitrogens is 4. The fraction of sp³-hybridized carbons (Fsp3) is 0.889. The van der Waals surface area contributed by atoms with Crippen LogP contribution in [0.25, 0.3) is 0 Å². The first-order chi connectivity index (χ1) is 7.92. The van der Waals surface area contributed by atoms with Crippen molar-refractivity contribution in [1.82, 2.24) is 20.2 Å². The second-order valence-electron chi connectivity index (χ2n) is 3.69. The third-order valence-corrected chi connectivity index (χ3v) is 5.24. The molecule has 0 saturated carbocycles. The van der Waals surface area contributed by atoms with Crippen LogP contribution in [0.2, 0.25) is 0 Å². The Labute approximate surface area is 104 Å². The van der Waals surface area contributed by atoms with Crippen molar-refractivity contribution >= 4 is 23.5 Å². The van der Waals surface area contributed by atoms with Gasteiger partial charge in [0.1, 0.15) is 0 Å². The number of rotatable bonds is 5. The number of nitrogens with zero attached hydrogens (tertiary/aromatic N) is 4. The highest BCUT2D eigenvalue weighted by Gasteiger charge is 2.22. The summed E-state index contributed by atoms with van der Waals surface area (Å²) in [5, 5.41) is 12.5. The van der Waals surface area contributed by atoms with Crippen LogP contribution < -0.4 is 5.73 Å². The molecule has 1 aromatic rings. The van der Waals surface area contributed by atoms with Crippen LogP contribution in [0.15, 0.2) is 0 Å². The highest BCUT2D eigenvalue weighted by Crippen LogP contribution is 2.35. The molecule has 0 radical (unpaired) electrons.